The molecular weight excluding hydrogens is 443 g/mol. The zero-order valence-electron chi connectivity index (χ0n) is 18.2. The van der Waals surface area contributed by atoms with Gasteiger partial charge in [0.25, 0.3) is 0 Å². The van der Waals surface area contributed by atoms with Crippen molar-refractivity contribution in [1.29, 1.82) is 0 Å². The van der Waals surface area contributed by atoms with Gasteiger partial charge in [0.2, 0.25) is 0 Å². The Hall–Kier alpha value is -2.93. The molecule has 172 valence electrons. The van der Waals surface area contributed by atoms with Crippen LogP contribution in [0.25, 0.3) is 0 Å². The maximum atomic E-state index is 13.1. The van der Waals surface area contributed by atoms with Gasteiger partial charge in [0.15, 0.2) is 5.78 Å². The molecule has 1 aliphatic rings. The van der Waals surface area contributed by atoms with Gasteiger partial charge in [-0.1, -0.05) is 11.6 Å². The van der Waals surface area contributed by atoms with E-state index >= 15 is 0 Å². The van der Waals surface area contributed by atoms with Crippen molar-refractivity contribution in [3.63, 3.8) is 0 Å². The number of aliphatic hydroxyl groups excluding tert-OH is 1. The van der Waals surface area contributed by atoms with Crippen molar-refractivity contribution in [3.8, 4) is 5.75 Å². The Balaban J connectivity index is 1.21. The molecule has 3 aromatic carbocycles. The quantitative estimate of drug-likeness (QED) is 0.500. The maximum absolute atomic E-state index is 13.1. The number of carbonyl (C=O) groups excluding carboxylic acids is 1. The third kappa shape index (κ3) is 6.32. The molecule has 33 heavy (non-hydrogen) atoms. The van der Waals surface area contributed by atoms with Crippen molar-refractivity contribution < 1.29 is 19.0 Å². The van der Waals surface area contributed by atoms with Crippen LogP contribution in [0.5, 0.6) is 5.75 Å². The van der Waals surface area contributed by atoms with Crippen molar-refractivity contribution in [1.82, 2.24) is 4.90 Å². The van der Waals surface area contributed by atoms with Gasteiger partial charge in [-0.15, -0.1) is 0 Å². The minimum Gasteiger partial charge on any atom is -0.491 e. The summed E-state index contributed by atoms with van der Waals surface area (Å²) >= 11 is 5.88. The molecule has 0 radical (unpaired) electrons. The number of hydrogen-bond acceptors (Lipinski definition) is 5. The first kappa shape index (κ1) is 23.2. The molecule has 0 saturated carbocycles. The van der Waals surface area contributed by atoms with Crippen LogP contribution in [0, 0.1) is 5.82 Å². The van der Waals surface area contributed by atoms with Crippen LogP contribution >= 0.6 is 11.6 Å². The first-order valence-corrected chi connectivity index (χ1v) is 11.3. The highest BCUT2D eigenvalue weighted by molar-refractivity contribution is 6.30. The third-order valence-corrected chi connectivity index (χ3v) is 5.95. The van der Waals surface area contributed by atoms with Gasteiger partial charge in [-0.05, 0) is 72.8 Å². The highest BCUT2D eigenvalue weighted by Crippen LogP contribution is 2.19. The average Bonchev–Trinajstić information content (AvgIpc) is 2.84. The van der Waals surface area contributed by atoms with Gasteiger partial charge in [0, 0.05) is 54.6 Å². The fourth-order valence-corrected chi connectivity index (χ4v) is 3.98. The van der Waals surface area contributed by atoms with Crippen LogP contribution in [0.3, 0.4) is 0 Å². The number of rotatable bonds is 8. The van der Waals surface area contributed by atoms with E-state index in [2.05, 4.69) is 9.80 Å². The van der Waals surface area contributed by atoms with Crippen LogP contribution in [0.1, 0.15) is 15.9 Å². The molecular formula is C26H26ClFN2O3. The van der Waals surface area contributed by atoms with Gasteiger partial charge in [-0.25, -0.2) is 4.39 Å². The molecule has 0 aromatic heterocycles. The number of nitrogens with zero attached hydrogens (tertiary/aromatic N) is 2. The Morgan fingerprint density at radius 1 is 0.909 bits per heavy atom. The van der Waals surface area contributed by atoms with Gasteiger partial charge in [0.1, 0.15) is 24.3 Å². The number of β-amino-alcohol motifs (C(OH)–C–C–N with tert-alkyl or cyclic N) is 1. The van der Waals surface area contributed by atoms with E-state index in [-0.39, 0.29) is 18.2 Å². The Kier molecular flexibility index (Phi) is 7.60. The minimum absolute atomic E-state index is 0.0852. The van der Waals surface area contributed by atoms with Crippen LogP contribution in [-0.4, -0.2) is 61.2 Å². The molecule has 1 N–H and O–H groups in total. The molecule has 0 amide bonds. The Morgan fingerprint density at radius 2 is 1.48 bits per heavy atom. The van der Waals surface area contributed by atoms with Gasteiger partial charge in [-0.2, -0.15) is 0 Å². The van der Waals surface area contributed by atoms with Gasteiger partial charge in [-0.3, -0.25) is 9.69 Å². The van der Waals surface area contributed by atoms with Gasteiger partial charge < -0.3 is 14.7 Å². The Morgan fingerprint density at radius 3 is 2.09 bits per heavy atom. The van der Waals surface area contributed by atoms with E-state index in [4.69, 9.17) is 16.3 Å². The zero-order valence-corrected chi connectivity index (χ0v) is 18.9. The van der Waals surface area contributed by atoms with Crippen molar-refractivity contribution in [2.45, 2.75) is 6.10 Å². The Bertz CT molecular complexity index is 1050. The molecule has 1 aliphatic heterocycles. The standard InChI is InChI=1S/C26H26ClFN2O3/c27-21-5-1-19(2-6-21)26(32)20-3-11-25(12-4-20)33-18-24(31)17-29-13-15-30(16-14-29)23-9-7-22(28)8-10-23/h1-12,24,31H,13-18H2. The lowest BCUT2D eigenvalue weighted by Crippen LogP contribution is -2.49. The third-order valence-electron chi connectivity index (χ3n) is 5.70. The number of piperazine rings is 1. The summed E-state index contributed by atoms with van der Waals surface area (Å²) < 4.78 is 18.8. The molecule has 1 heterocycles. The van der Waals surface area contributed by atoms with Crippen LogP contribution in [-0.2, 0) is 0 Å². The lowest BCUT2D eigenvalue weighted by molar-refractivity contribution is 0.0663. The summed E-state index contributed by atoms with van der Waals surface area (Å²) in [4.78, 5) is 16.9. The lowest BCUT2D eigenvalue weighted by Gasteiger charge is -2.36. The topological polar surface area (TPSA) is 53.0 Å². The predicted octanol–water partition coefficient (Wildman–Crippen LogP) is 4.27. The number of ketones is 1. The van der Waals surface area contributed by atoms with Crippen LogP contribution < -0.4 is 9.64 Å². The highest BCUT2D eigenvalue weighted by atomic mass is 35.5. The van der Waals surface area contributed by atoms with Crippen molar-refractivity contribution in [2.24, 2.45) is 0 Å². The molecule has 0 bridgehead atoms. The number of benzene rings is 3. The van der Waals surface area contributed by atoms with E-state index < -0.39 is 6.10 Å². The van der Waals surface area contributed by atoms with Crippen LogP contribution in [0.2, 0.25) is 5.02 Å². The summed E-state index contributed by atoms with van der Waals surface area (Å²) in [6, 6.07) is 20.2. The van der Waals surface area contributed by atoms with Crippen molar-refractivity contribution >= 4 is 23.1 Å². The van der Waals surface area contributed by atoms with E-state index in [1.807, 2.05) is 0 Å². The first-order valence-electron chi connectivity index (χ1n) is 10.9. The molecule has 0 spiro atoms. The van der Waals surface area contributed by atoms with Crippen molar-refractivity contribution in [3.05, 3.63) is 94.8 Å². The SMILES string of the molecule is O=C(c1ccc(Cl)cc1)c1ccc(OCC(O)CN2CCN(c3ccc(F)cc3)CC2)cc1. The number of hydrogen-bond donors (Lipinski definition) is 1. The van der Waals surface area contributed by atoms with E-state index in [9.17, 15) is 14.3 Å². The number of carbonyl (C=O) groups is 1. The number of ether oxygens (including phenoxy) is 1. The molecule has 0 aliphatic carbocycles. The monoisotopic (exact) mass is 468 g/mol. The van der Waals surface area contributed by atoms with Crippen LogP contribution in [0.15, 0.2) is 72.8 Å². The van der Waals surface area contributed by atoms with Gasteiger partial charge >= 0.3 is 0 Å². The Labute approximate surface area is 198 Å². The summed E-state index contributed by atoms with van der Waals surface area (Å²) in [5.74, 6) is 0.282. The summed E-state index contributed by atoms with van der Waals surface area (Å²) in [6.07, 6.45) is -0.627. The fraction of sp³-hybridized carbons (Fsp3) is 0.269. The van der Waals surface area contributed by atoms with E-state index in [1.165, 1.54) is 12.1 Å². The first-order chi connectivity index (χ1) is 16.0. The molecule has 1 fully saturated rings. The number of aliphatic hydroxyl groups is 1. The molecule has 4 rings (SSSR count). The second-order valence-corrected chi connectivity index (χ2v) is 8.53. The fourth-order valence-electron chi connectivity index (χ4n) is 3.85. The largest absolute Gasteiger partial charge is 0.491 e. The van der Waals surface area contributed by atoms with Crippen molar-refractivity contribution in [2.75, 3.05) is 44.2 Å². The number of halogens is 2. The second kappa shape index (κ2) is 10.8. The van der Waals surface area contributed by atoms with E-state index in [0.29, 0.717) is 28.4 Å². The van der Waals surface area contributed by atoms with Crippen LogP contribution in [0.4, 0.5) is 10.1 Å². The molecule has 3 aromatic rings. The maximum Gasteiger partial charge on any atom is 0.193 e. The molecule has 7 heteroatoms. The normalized spacial score (nSPS) is 15.3. The smallest absolute Gasteiger partial charge is 0.193 e. The van der Waals surface area contributed by atoms with E-state index in [1.54, 1.807) is 60.7 Å². The molecule has 5 nitrogen and oxygen atoms in total. The molecule has 1 saturated heterocycles. The zero-order chi connectivity index (χ0) is 23.2. The minimum atomic E-state index is -0.627. The second-order valence-electron chi connectivity index (χ2n) is 8.09. The summed E-state index contributed by atoms with van der Waals surface area (Å²) in [7, 11) is 0. The summed E-state index contributed by atoms with van der Waals surface area (Å²) in [6.45, 7) is 3.96. The average molecular weight is 469 g/mol. The summed E-state index contributed by atoms with van der Waals surface area (Å²) in [5, 5.41) is 11.0. The highest BCUT2D eigenvalue weighted by Gasteiger charge is 2.20. The lowest BCUT2D eigenvalue weighted by atomic mass is 10.0. The number of anilines is 1. The van der Waals surface area contributed by atoms with Gasteiger partial charge in [0.05, 0.1) is 0 Å². The van der Waals surface area contributed by atoms with E-state index in [0.717, 1.165) is 31.9 Å². The molecule has 1 unspecified atom stereocenters. The molecule has 1 atom stereocenters. The summed E-state index contributed by atoms with van der Waals surface area (Å²) in [5.41, 5.74) is 2.14. The predicted molar refractivity (Wildman–Crippen MR) is 128 cm³/mol.